The maximum absolute atomic E-state index is 9.79. The summed E-state index contributed by atoms with van der Waals surface area (Å²) in [6.45, 7) is 2.19. The molecule has 5 heteroatoms. The van der Waals surface area contributed by atoms with Crippen LogP contribution in [0.4, 0.5) is 0 Å². The summed E-state index contributed by atoms with van der Waals surface area (Å²) in [6, 6.07) is -0.610. The van der Waals surface area contributed by atoms with Gasteiger partial charge in [-0.2, -0.15) is 0 Å². The van der Waals surface area contributed by atoms with Gasteiger partial charge in [0.1, 0.15) is 6.61 Å². The molecule has 0 aliphatic heterocycles. The van der Waals surface area contributed by atoms with Gasteiger partial charge in [0.2, 0.25) is 0 Å². The zero-order chi connectivity index (χ0) is 17.2. The predicted octanol–water partition coefficient (Wildman–Crippen LogP) is 4.63. The fourth-order valence-corrected chi connectivity index (χ4v) is 2.52. The van der Waals surface area contributed by atoms with Crippen LogP contribution in [0, 0.1) is 4.91 Å². The Morgan fingerprint density at radius 3 is 2.04 bits per heavy atom. The van der Waals surface area contributed by atoms with Crippen molar-refractivity contribution >= 4 is 0 Å². The van der Waals surface area contributed by atoms with Crippen molar-refractivity contribution < 1.29 is 9.94 Å². The molecule has 0 saturated carbocycles. The van der Waals surface area contributed by atoms with Crippen LogP contribution in [0.3, 0.4) is 0 Å². The van der Waals surface area contributed by atoms with Gasteiger partial charge in [-0.05, 0) is 12.8 Å². The summed E-state index contributed by atoms with van der Waals surface area (Å²) in [4.78, 5) is 14.1. The standard InChI is InChI=1S/C18H36N2O3/c1-2-3-4-5-6-7-8-9-10-11-12-13-14-15-18(21)17(19)16-23-20-22/h14-15,17-18,21H,2-13,16,19H2,1H3/b15-14+. The van der Waals surface area contributed by atoms with Gasteiger partial charge in [0.15, 0.2) is 5.34 Å². The van der Waals surface area contributed by atoms with Gasteiger partial charge < -0.3 is 15.7 Å². The molecular weight excluding hydrogens is 292 g/mol. The van der Waals surface area contributed by atoms with Crippen LogP contribution in [0.1, 0.15) is 84.0 Å². The molecule has 0 fully saturated rings. The molecule has 3 N–H and O–H groups in total. The molecule has 0 bridgehead atoms. The first-order chi connectivity index (χ1) is 11.2. The molecule has 2 unspecified atom stereocenters. The quantitative estimate of drug-likeness (QED) is 0.176. The van der Waals surface area contributed by atoms with Crippen LogP contribution < -0.4 is 5.73 Å². The van der Waals surface area contributed by atoms with Crippen molar-refractivity contribution in [2.24, 2.45) is 11.1 Å². The third kappa shape index (κ3) is 15.7. The van der Waals surface area contributed by atoms with Crippen LogP contribution in [0.15, 0.2) is 17.5 Å². The monoisotopic (exact) mass is 328 g/mol. The fourth-order valence-electron chi connectivity index (χ4n) is 2.52. The minimum Gasteiger partial charge on any atom is -0.387 e. The molecule has 0 spiro atoms. The molecule has 0 aromatic heterocycles. The number of nitrogens with two attached hydrogens (primary N) is 1. The number of rotatable bonds is 17. The maximum Gasteiger partial charge on any atom is 0.155 e. The highest BCUT2D eigenvalue weighted by molar-refractivity contribution is 4.93. The SMILES string of the molecule is CCCCCCCCCCCCC/C=C/C(O)C(N)CON=O. The van der Waals surface area contributed by atoms with Gasteiger partial charge in [-0.15, -0.1) is 4.91 Å². The Bertz CT molecular complexity index is 285. The molecule has 0 rings (SSSR count). The Morgan fingerprint density at radius 2 is 1.52 bits per heavy atom. The molecule has 23 heavy (non-hydrogen) atoms. The number of allylic oxidation sites excluding steroid dienone is 1. The molecular formula is C18H36N2O3. The van der Waals surface area contributed by atoms with Crippen molar-refractivity contribution in [1.82, 2.24) is 0 Å². The van der Waals surface area contributed by atoms with E-state index < -0.39 is 12.1 Å². The van der Waals surface area contributed by atoms with Gasteiger partial charge in [-0.3, -0.25) is 0 Å². The minimum atomic E-state index is -0.788. The Morgan fingerprint density at radius 1 is 1.00 bits per heavy atom. The summed E-state index contributed by atoms with van der Waals surface area (Å²) in [7, 11) is 0. The average Bonchev–Trinajstić information content (AvgIpc) is 2.56. The van der Waals surface area contributed by atoms with Crippen molar-refractivity contribution in [1.29, 1.82) is 0 Å². The third-order valence-electron chi connectivity index (χ3n) is 4.07. The molecule has 0 aromatic rings. The summed E-state index contributed by atoms with van der Waals surface area (Å²) >= 11 is 0. The Kier molecular flexibility index (Phi) is 16.7. The van der Waals surface area contributed by atoms with Crippen LogP contribution in [0.5, 0.6) is 0 Å². The summed E-state index contributed by atoms with van der Waals surface area (Å²) in [5.74, 6) is 0. The van der Waals surface area contributed by atoms with E-state index in [0.717, 1.165) is 12.8 Å². The fraction of sp³-hybridized carbons (Fsp3) is 0.889. The lowest BCUT2D eigenvalue weighted by Crippen LogP contribution is -2.37. The van der Waals surface area contributed by atoms with Crippen LogP contribution in [0.2, 0.25) is 0 Å². The molecule has 0 heterocycles. The van der Waals surface area contributed by atoms with Crippen LogP contribution in [-0.4, -0.2) is 23.9 Å². The van der Waals surface area contributed by atoms with E-state index in [2.05, 4.69) is 17.1 Å². The first-order valence-corrected chi connectivity index (χ1v) is 9.27. The van der Waals surface area contributed by atoms with Crippen molar-refractivity contribution in [3.63, 3.8) is 0 Å². The average molecular weight is 328 g/mol. The van der Waals surface area contributed by atoms with E-state index >= 15 is 0 Å². The lowest BCUT2D eigenvalue weighted by atomic mass is 10.0. The Labute approximate surface area is 141 Å². The van der Waals surface area contributed by atoms with Crippen molar-refractivity contribution in [2.45, 2.75) is 96.1 Å². The largest absolute Gasteiger partial charge is 0.387 e. The highest BCUT2D eigenvalue weighted by atomic mass is 16.7. The summed E-state index contributed by atoms with van der Waals surface area (Å²) < 4.78 is 0. The lowest BCUT2D eigenvalue weighted by Gasteiger charge is -2.12. The van der Waals surface area contributed by atoms with Gasteiger partial charge in [-0.1, -0.05) is 83.3 Å². The molecule has 0 aliphatic rings. The first kappa shape index (κ1) is 22.1. The molecule has 0 aliphatic carbocycles. The number of hydrogen-bond acceptors (Lipinski definition) is 5. The smallest absolute Gasteiger partial charge is 0.155 e. The van der Waals surface area contributed by atoms with Crippen molar-refractivity contribution in [3.05, 3.63) is 17.1 Å². The molecule has 0 radical (unpaired) electrons. The second-order valence-electron chi connectivity index (χ2n) is 6.28. The van der Waals surface area contributed by atoms with Gasteiger partial charge >= 0.3 is 0 Å². The predicted molar refractivity (Wildman–Crippen MR) is 95.9 cm³/mol. The van der Waals surface area contributed by atoms with Crippen molar-refractivity contribution in [2.75, 3.05) is 6.61 Å². The van der Waals surface area contributed by atoms with E-state index in [1.165, 1.54) is 64.2 Å². The number of aliphatic hydroxyl groups excluding tert-OH is 1. The molecule has 5 nitrogen and oxygen atoms in total. The van der Waals surface area contributed by atoms with Gasteiger partial charge in [0.25, 0.3) is 0 Å². The van der Waals surface area contributed by atoms with Crippen molar-refractivity contribution in [3.8, 4) is 0 Å². The highest BCUT2D eigenvalue weighted by Gasteiger charge is 2.11. The van der Waals surface area contributed by atoms with Gasteiger partial charge in [0.05, 0.1) is 12.1 Å². The molecule has 0 aromatic carbocycles. The molecule has 0 amide bonds. The lowest BCUT2D eigenvalue weighted by molar-refractivity contribution is 0.0827. The number of unbranched alkanes of at least 4 members (excludes halogenated alkanes) is 11. The topological polar surface area (TPSA) is 84.9 Å². The van der Waals surface area contributed by atoms with E-state index in [9.17, 15) is 10.0 Å². The van der Waals surface area contributed by atoms with Gasteiger partial charge in [0, 0.05) is 0 Å². The summed E-state index contributed by atoms with van der Waals surface area (Å²) in [5.41, 5.74) is 5.63. The molecule has 136 valence electrons. The van der Waals surface area contributed by atoms with E-state index in [1.807, 2.05) is 6.08 Å². The Balaban J connectivity index is 3.31. The minimum absolute atomic E-state index is 0.0621. The summed E-state index contributed by atoms with van der Waals surface area (Å²) in [6.07, 6.45) is 18.4. The molecule has 2 atom stereocenters. The number of nitrogens with zero attached hydrogens (tertiary/aromatic N) is 1. The zero-order valence-electron chi connectivity index (χ0n) is 14.8. The third-order valence-corrected chi connectivity index (χ3v) is 4.07. The summed E-state index contributed by atoms with van der Waals surface area (Å²) in [5, 5.41) is 11.9. The normalized spacial score (nSPS) is 14.0. The van der Waals surface area contributed by atoms with Gasteiger partial charge in [-0.25, -0.2) is 0 Å². The van der Waals surface area contributed by atoms with E-state index in [0.29, 0.717) is 0 Å². The van der Waals surface area contributed by atoms with E-state index in [1.54, 1.807) is 6.08 Å². The van der Waals surface area contributed by atoms with E-state index in [-0.39, 0.29) is 6.61 Å². The second-order valence-corrected chi connectivity index (χ2v) is 6.28. The first-order valence-electron chi connectivity index (χ1n) is 9.27. The molecule has 0 saturated heterocycles. The Hall–Kier alpha value is -0.940. The highest BCUT2D eigenvalue weighted by Crippen LogP contribution is 2.12. The van der Waals surface area contributed by atoms with E-state index in [4.69, 9.17) is 5.73 Å². The number of aliphatic hydroxyl groups is 1. The van der Waals surface area contributed by atoms with Crippen LogP contribution >= 0.6 is 0 Å². The zero-order valence-corrected chi connectivity index (χ0v) is 14.8. The maximum atomic E-state index is 9.79. The van der Waals surface area contributed by atoms with Crippen LogP contribution in [0.25, 0.3) is 0 Å². The second kappa shape index (κ2) is 17.4. The van der Waals surface area contributed by atoms with Crippen LogP contribution in [-0.2, 0) is 4.84 Å². The number of hydrogen-bond donors (Lipinski definition) is 2.